The van der Waals surface area contributed by atoms with Gasteiger partial charge in [0.2, 0.25) is 0 Å². The van der Waals surface area contributed by atoms with E-state index in [9.17, 15) is 0 Å². The summed E-state index contributed by atoms with van der Waals surface area (Å²) in [5, 5.41) is 3.43. The Morgan fingerprint density at radius 3 is 2.27 bits per heavy atom. The first-order valence-electron chi connectivity index (χ1n) is 6.45. The molecule has 0 aromatic carbocycles. The SMILES string of the molecule is CCCC(C)COC(CC)CNC(C)C. The first kappa shape index (κ1) is 14.9. The van der Waals surface area contributed by atoms with Crippen LogP contribution in [0, 0.1) is 5.92 Å². The van der Waals surface area contributed by atoms with Crippen LogP contribution in [0.5, 0.6) is 0 Å². The molecule has 0 fully saturated rings. The predicted molar refractivity (Wildman–Crippen MR) is 67.2 cm³/mol. The molecule has 1 N–H and O–H groups in total. The van der Waals surface area contributed by atoms with Crippen molar-refractivity contribution in [3.63, 3.8) is 0 Å². The van der Waals surface area contributed by atoms with Gasteiger partial charge in [0.1, 0.15) is 0 Å². The summed E-state index contributed by atoms with van der Waals surface area (Å²) in [7, 11) is 0. The molecule has 2 unspecified atom stereocenters. The summed E-state index contributed by atoms with van der Waals surface area (Å²) in [5.41, 5.74) is 0. The van der Waals surface area contributed by atoms with E-state index in [2.05, 4.69) is 39.9 Å². The van der Waals surface area contributed by atoms with Crippen molar-refractivity contribution >= 4 is 0 Å². The Morgan fingerprint density at radius 2 is 1.80 bits per heavy atom. The molecular weight excluding hydrogens is 186 g/mol. The van der Waals surface area contributed by atoms with Gasteiger partial charge in [-0.2, -0.15) is 0 Å². The van der Waals surface area contributed by atoms with E-state index in [1.165, 1.54) is 12.8 Å². The number of rotatable bonds is 9. The van der Waals surface area contributed by atoms with Crippen molar-refractivity contribution in [2.45, 2.75) is 66.0 Å². The Balaban J connectivity index is 3.60. The fourth-order valence-electron chi connectivity index (χ4n) is 1.56. The van der Waals surface area contributed by atoms with E-state index in [1.54, 1.807) is 0 Å². The lowest BCUT2D eigenvalue weighted by molar-refractivity contribution is 0.0279. The predicted octanol–water partition coefficient (Wildman–Crippen LogP) is 3.22. The van der Waals surface area contributed by atoms with E-state index in [1.807, 2.05) is 0 Å². The summed E-state index contributed by atoms with van der Waals surface area (Å²) in [6.45, 7) is 12.9. The lowest BCUT2D eigenvalue weighted by atomic mass is 10.1. The van der Waals surface area contributed by atoms with Gasteiger partial charge in [0.25, 0.3) is 0 Å². The number of nitrogens with one attached hydrogen (secondary N) is 1. The maximum absolute atomic E-state index is 5.89. The Morgan fingerprint density at radius 1 is 1.13 bits per heavy atom. The third-order valence-electron chi connectivity index (χ3n) is 2.61. The number of hydrogen-bond acceptors (Lipinski definition) is 2. The molecule has 0 aromatic heterocycles. The van der Waals surface area contributed by atoms with Gasteiger partial charge in [0.05, 0.1) is 6.10 Å². The summed E-state index contributed by atoms with van der Waals surface area (Å²) in [4.78, 5) is 0. The third-order valence-corrected chi connectivity index (χ3v) is 2.61. The molecule has 0 amide bonds. The fraction of sp³-hybridized carbons (Fsp3) is 1.00. The Labute approximate surface area is 95.8 Å². The van der Waals surface area contributed by atoms with E-state index in [0.29, 0.717) is 18.1 Å². The molecule has 2 heteroatoms. The van der Waals surface area contributed by atoms with Gasteiger partial charge in [-0.3, -0.25) is 0 Å². The van der Waals surface area contributed by atoms with Gasteiger partial charge in [-0.25, -0.2) is 0 Å². The molecule has 0 bridgehead atoms. The highest BCUT2D eigenvalue weighted by atomic mass is 16.5. The monoisotopic (exact) mass is 215 g/mol. The minimum atomic E-state index is 0.381. The van der Waals surface area contributed by atoms with Gasteiger partial charge in [-0.1, -0.05) is 41.0 Å². The van der Waals surface area contributed by atoms with Crippen LogP contribution in [-0.4, -0.2) is 25.3 Å². The first-order chi connectivity index (χ1) is 7.10. The second-order valence-electron chi connectivity index (χ2n) is 4.82. The van der Waals surface area contributed by atoms with Gasteiger partial charge in [0, 0.05) is 19.2 Å². The Bertz CT molecular complexity index is 136. The van der Waals surface area contributed by atoms with Crippen molar-refractivity contribution in [3.8, 4) is 0 Å². The summed E-state index contributed by atoms with van der Waals surface area (Å²) >= 11 is 0. The maximum atomic E-state index is 5.89. The highest BCUT2D eigenvalue weighted by Crippen LogP contribution is 2.08. The van der Waals surface area contributed by atoms with Crippen LogP contribution in [0.2, 0.25) is 0 Å². The summed E-state index contributed by atoms with van der Waals surface area (Å²) in [6.07, 6.45) is 4.00. The fourth-order valence-corrected chi connectivity index (χ4v) is 1.56. The standard InChI is InChI=1S/C13H29NO/c1-6-8-12(5)10-15-13(7-2)9-14-11(3)4/h11-14H,6-10H2,1-5H3. The quantitative estimate of drug-likeness (QED) is 0.637. The van der Waals surface area contributed by atoms with Crippen LogP contribution in [0.4, 0.5) is 0 Å². The van der Waals surface area contributed by atoms with Crippen LogP contribution < -0.4 is 5.32 Å². The van der Waals surface area contributed by atoms with Crippen LogP contribution in [0.3, 0.4) is 0 Å². The maximum Gasteiger partial charge on any atom is 0.0697 e. The molecule has 0 saturated carbocycles. The molecule has 0 aliphatic rings. The van der Waals surface area contributed by atoms with Gasteiger partial charge in [0.15, 0.2) is 0 Å². The molecule has 0 heterocycles. The van der Waals surface area contributed by atoms with Crippen molar-refractivity contribution in [3.05, 3.63) is 0 Å². The summed E-state index contributed by atoms with van der Waals surface area (Å²) in [6, 6.07) is 0.552. The van der Waals surface area contributed by atoms with Crippen molar-refractivity contribution < 1.29 is 4.74 Å². The number of hydrogen-bond donors (Lipinski definition) is 1. The van der Waals surface area contributed by atoms with Crippen molar-refractivity contribution in [1.29, 1.82) is 0 Å². The van der Waals surface area contributed by atoms with Crippen LogP contribution >= 0.6 is 0 Å². The zero-order chi connectivity index (χ0) is 11.7. The molecule has 0 aliphatic carbocycles. The molecule has 0 saturated heterocycles. The molecule has 0 spiro atoms. The Kier molecular flexibility index (Phi) is 9.12. The largest absolute Gasteiger partial charge is 0.377 e. The van der Waals surface area contributed by atoms with Gasteiger partial charge in [-0.05, 0) is 18.8 Å². The van der Waals surface area contributed by atoms with E-state index < -0.39 is 0 Å². The minimum absolute atomic E-state index is 0.381. The summed E-state index contributed by atoms with van der Waals surface area (Å²) in [5.74, 6) is 0.697. The lowest BCUT2D eigenvalue weighted by Crippen LogP contribution is -2.34. The average molecular weight is 215 g/mol. The van der Waals surface area contributed by atoms with E-state index in [-0.39, 0.29) is 0 Å². The van der Waals surface area contributed by atoms with Crippen LogP contribution in [-0.2, 0) is 4.74 Å². The molecule has 0 radical (unpaired) electrons. The molecule has 0 rings (SSSR count). The first-order valence-corrected chi connectivity index (χ1v) is 6.45. The van der Waals surface area contributed by atoms with Gasteiger partial charge >= 0.3 is 0 Å². The highest BCUT2D eigenvalue weighted by molar-refractivity contribution is 4.63. The molecule has 0 aromatic rings. The molecule has 15 heavy (non-hydrogen) atoms. The molecule has 2 atom stereocenters. The second-order valence-corrected chi connectivity index (χ2v) is 4.82. The van der Waals surface area contributed by atoms with Gasteiger partial charge in [-0.15, -0.1) is 0 Å². The normalized spacial score (nSPS) is 15.6. The zero-order valence-electron chi connectivity index (χ0n) is 11.2. The van der Waals surface area contributed by atoms with Crippen molar-refractivity contribution in [1.82, 2.24) is 5.32 Å². The van der Waals surface area contributed by atoms with E-state index in [0.717, 1.165) is 19.6 Å². The van der Waals surface area contributed by atoms with Crippen LogP contribution in [0.15, 0.2) is 0 Å². The molecule has 2 nitrogen and oxygen atoms in total. The van der Waals surface area contributed by atoms with Gasteiger partial charge < -0.3 is 10.1 Å². The van der Waals surface area contributed by atoms with Crippen molar-refractivity contribution in [2.75, 3.05) is 13.2 Å². The summed E-state index contributed by atoms with van der Waals surface area (Å²) < 4.78 is 5.89. The molecular formula is C13H29NO. The average Bonchev–Trinajstić information content (AvgIpc) is 2.18. The Hall–Kier alpha value is -0.0800. The smallest absolute Gasteiger partial charge is 0.0697 e. The lowest BCUT2D eigenvalue weighted by Gasteiger charge is -2.20. The third kappa shape index (κ3) is 8.88. The highest BCUT2D eigenvalue weighted by Gasteiger charge is 2.09. The van der Waals surface area contributed by atoms with Crippen LogP contribution in [0.1, 0.15) is 53.9 Å². The molecule has 0 aliphatic heterocycles. The van der Waals surface area contributed by atoms with Crippen molar-refractivity contribution in [2.24, 2.45) is 5.92 Å². The van der Waals surface area contributed by atoms with Crippen LogP contribution in [0.25, 0.3) is 0 Å². The second kappa shape index (κ2) is 9.17. The van der Waals surface area contributed by atoms with E-state index >= 15 is 0 Å². The number of ether oxygens (including phenoxy) is 1. The topological polar surface area (TPSA) is 21.3 Å². The van der Waals surface area contributed by atoms with E-state index in [4.69, 9.17) is 4.74 Å². The minimum Gasteiger partial charge on any atom is -0.377 e. The molecule has 92 valence electrons. The zero-order valence-corrected chi connectivity index (χ0v) is 11.2.